The number of nitro benzene ring substituents is 1. The number of carbonyl (C=O) groups is 1. The van der Waals surface area contributed by atoms with Crippen LogP contribution in [0, 0.1) is 14.9 Å². The van der Waals surface area contributed by atoms with Crippen LogP contribution in [0.15, 0.2) is 35.4 Å². The van der Waals surface area contributed by atoms with Gasteiger partial charge in [0.05, 0.1) is 35.4 Å². The van der Waals surface area contributed by atoms with Gasteiger partial charge in [-0.25, -0.2) is 5.43 Å². The maximum atomic E-state index is 12.4. The predicted octanol–water partition coefficient (Wildman–Crippen LogP) is 4.09. The third-order valence-corrected chi connectivity index (χ3v) is 4.37. The molecule has 162 valence electrons. The number of aromatic amines is 2. The van der Waals surface area contributed by atoms with Crippen molar-refractivity contribution in [1.29, 1.82) is 0 Å². The van der Waals surface area contributed by atoms with Crippen LogP contribution in [0.4, 0.5) is 5.69 Å². The van der Waals surface area contributed by atoms with E-state index in [0.717, 1.165) is 5.52 Å². The summed E-state index contributed by atoms with van der Waals surface area (Å²) in [7, 11) is 0. The summed E-state index contributed by atoms with van der Waals surface area (Å²) in [5.74, 6) is -0.126. The molecular weight excluding hydrogens is 422 g/mol. The zero-order valence-electron chi connectivity index (χ0n) is 16.9. The molecule has 0 atom stereocenters. The number of carbonyl (C=O) groups excluding carboxylic acids is 1. The van der Waals surface area contributed by atoms with E-state index in [9.17, 15) is 14.9 Å². The lowest BCUT2D eigenvalue weighted by molar-refractivity contribution is -0.386. The minimum absolute atomic E-state index is 0.0760. The Labute approximate surface area is 182 Å². The number of hydrazone groups is 1. The number of fused-ring (bicyclic) bond motifs is 1. The number of imidazole rings is 1. The van der Waals surface area contributed by atoms with E-state index in [4.69, 9.17) is 21.7 Å². The SMILES string of the molecule is CCCOc1c(OCC)cc(/C=N\NC(=O)c2ccc3[nH]c(=S)[nH]c3c2)cc1[N+](=O)[O-]. The summed E-state index contributed by atoms with van der Waals surface area (Å²) in [5, 5.41) is 15.4. The number of nitrogens with zero attached hydrogens (tertiary/aromatic N) is 2. The van der Waals surface area contributed by atoms with Crippen molar-refractivity contribution in [3.05, 3.63) is 56.3 Å². The number of H-pyrrole nitrogens is 2. The summed E-state index contributed by atoms with van der Waals surface area (Å²) in [6, 6.07) is 7.89. The molecule has 10 nitrogen and oxygen atoms in total. The zero-order valence-corrected chi connectivity index (χ0v) is 17.7. The summed E-state index contributed by atoms with van der Waals surface area (Å²) in [6.45, 7) is 4.30. The van der Waals surface area contributed by atoms with Gasteiger partial charge in [-0.2, -0.15) is 5.10 Å². The van der Waals surface area contributed by atoms with Crippen LogP contribution in [0.2, 0.25) is 0 Å². The minimum Gasteiger partial charge on any atom is -0.490 e. The van der Waals surface area contributed by atoms with Crippen molar-refractivity contribution >= 4 is 41.1 Å². The molecule has 0 aliphatic heterocycles. The third kappa shape index (κ3) is 5.25. The van der Waals surface area contributed by atoms with E-state index in [0.29, 0.717) is 41.0 Å². The number of benzene rings is 2. The van der Waals surface area contributed by atoms with Crippen LogP contribution in [0.1, 0.15) is 36.2 Å². The first kappa shape index (κ1) is 22.0. The lowest BCUT2D eigenvalue weighted by Crippen LogP contribution is -2.17. The first-order valence-corrected chi connectivity index (χ1v) is 9.97. The molecule has 0 fully saturated rings. The summed E-state index contributed by atoms with van der Waals surface area (Å²) >= 11 is 5.03. The topological polar surface area (TPSA) is 135 Å². The number of nitro groups is 1. The predicted molar refractivity (Wildman–Crippen MR) is 119 cm³/mol. The summed E-state index contributed by atoms with van der Waals surface area (Å²) < 4.78 is 11.5. The molecule has 0 saturated carbocycles. The molecule has 0 unspecified atom stereocenters. The molecule has 1 amide bonds. The second-order valence-corrected chi connectivity index (χ2v) is 6.85. The zero-order chi connectivity index (χ0) is 22.4. The van der Waals surface area contributed by atoms with Gasteiger partial charge in [0.25, 0.3) is 5.91 Å². The van der Waals surface area contributed by atoms with E-state index in [-0.39, 0.29) is 17.2 Å². The smallest absolute Gasteiger partial charge is 0.315 e. The number of hydrogen-bond acceptors (Lipinski definition) is 7. The minimum atomic E-state index is -0.542. The molecule has 0 aliphatic carbocycles. The van der Waals surface area contributed by atoms with Crippen LogP contribution in [-0.4, -0.2) is 40.2 Å². The monoisotopic (exact) mass is 443 g/mol. The number of ether oxygens (including phenoxy) is 2. The van der Waals surface area contributed by atoms with Gasteiger partial charge in [0.15, 0.2) is 10.5 Å². The highest BCUT2D eigenvalue weighted by molar-refractivity contribution is 7.71. The summed E-state index contributed by atoms with van der Waals surface area (Å²) in [4.78, 5) is 29.2. The van der Waals surface area contributed by atoms with Crippen molar-refractivity contribution in [3.8, 4) is 11.5 Å². The van der Waals surface area contributed by atoms with Gasteiger partial charge in [-0.15, -0.1) is 0 Å². The fourth-order valence-corrected chi connectivity index (χ4v) is 3.05. The van der Waals surface area contributed by atoms with Gasteiger partial charge in [0, 0.05) is 17.2 Å². The molecule has 0 aliphatic rings. The van der Waals surface area contributed by atoms with Gasteiger partial charge in [-0.3, -0.25) is 14.9 Å². The second kappa shape index (κ2) is 9.85. The number of aromatic nitrogens is 2. The van der Waals surface area contributed by atoms with Crippen LogP contribution in [0.5, 0.6) is 11.5 Å². The van der Waals surface area contributed by atoms with Crippen molar-refractivity contribution in [2.24, 2.45) is 5.10 Å². The Bertz CT molecular complexity index is 1200. The van der Waals surface area contributed by atoms with E-state index < -0.39 is 10.8 Å². The van der Waals surface area contributed by atoms with Gasteiger partial charge in [0.1, 0.15) is 0 Å². The average Bonchev–Trinajstić information content (AvgIpc) is 3.11. The van der Waals surface area contributed by atoms with Crippen LogP contribution < -0.4 is 14.9 Å². The molecular formula is C20H21N5O5S. The lowest BCUT2D eigenvalue weighted by atomic mass is 10.2. The Hall–Kier alpha value is -3.73. The molecule has 3 rings (SSSR count). The Morgan fingerprint density at radius 3 is 2.71 bits per heavy atom. The van der Waals surface area contributed by atoms with E-state index in [1.807, 2.05) is 6.92 Å². The maximum Gasteiger partial charge on any atom is 0.315 e. The quantitative estimate of drug-likeness (QED) is 0.197. The molecule has 0 spiro atoms. The summed E-state index contributed by atoms with van der Waals surface area (Å²) in [6.07, 6.45) is 2.00. The van der Waals surface area contributed by atoms with Gasteiger partial charge in [-0.05, 0) is 49.8 Å². The second-order valence-electron chi connectivity index (χ2n) is 6.44. The highest BCUT2D eigenvalue weighted by atomic mass is 32.1. The molecule has 0 radical (unpaired) electrons. The average molecular weight is 443 g/mol. The third-order valence-electron chi connectivity index (χ3n) is 4.16. The highest BCUT2D eigenvalue weighted by Crippen LogP contribution is 2.38. The fraction of sp³-hybridized carbons (Fsp3) is 0.250. The van der Waals surface area contributed by atoms with Crippen LogP contribution >= 0.6 is 12.2 Å². The van der Waals surface area contributed by atoms with E-state index in [1.165, 1.54) is 12.3 Å². The molecule has 0 saturated heterocycles. The summed E-state index contributed by atoms with van der Waals surface area (Å²) in [5.41, 5.74) is 4.40. The number of rotatable bonds is 9. The molecule has 1 heterocycles. The van der Waals surface area contributed by atoms with Gasteiger partial charge >= 0.3 is 5.69 Å². The van der Waals surface area contributed by atoms with Gasteiger partial charge < -0.3 is 19.4 Å². The van der Waals surface area contributed by atoms with Crippen LogP contribution in [0.25, 0.3) is 11.0 Å². The van der Waals surface area contributed by atoms with Crippen LogP contribution in [0.3, 0.4) is 0 Å². The Morgan fingerprint density at radius 1 is 1.23 bits per heavy atom. The molecule has 11 heteroatoms. The van der Waals surface area contributed by atoms with Crippen molar-refractivity contribution in [2.45, 2.75) is 20.3 Å². The van der Waals surface area contributed by atoms with E-state index in [2.05, 4.69) is 20.5 Å². The molecule has 3 N–H and O–H groups in total. The fourth-order valence-electron chi connectivity index (χ4n) is 2.83. The standard InChI is InChI=1S/C20H21N5O5S/c1-3-7-30-18-16(25(27)28)8-12(9-17(18)29-4-2)11-21-24-19(26)13-5-6-14-15(10-13)23-20(31)22-14/h5-6,8-11H,3-4,7H2,1-2H3,(H,24,26)(H2,22,23,31)/b21-11-. The number of amides is 1. The molecule has 3 aromatic rings. The van der Waals surface area contributed by atoms with Crippen molar-refractivity contribution in [1.82, 2.24) is 15.4 Å². The van der Waals surface area contributed by atoms with Crippen molar-refractivity contribution < 1.29 is 19.2 Å². The number of hydrogen-bond donors (Lipinski definition) is 3. The number of nitrogens with one attached hydrogen (secondary N) is 3. The van der Waals surface area contributed by atoms with E-state index in [1.54, 1.807) is 31.2 Å². The molecule has 0 bridgehead atoms. The van der Waals surface area contributed by atoms with E-state index >= 15 is 0 Å². The Morgan fingerprint density at radius 2 is 2.00 bits per heavy atom. The molecule has 31 heavy (non-hydrogen) atoms. The first-order valence-electron chi connectivity index (χ1n) is 9.56. The Balaban J connectivity index is 1.81. The largest absolute Gasteiger partial charge is 0.490 e. The maximum absolute atomic E-state index is 12.4. The molecule has 1 aromatic heterocycles. The first-order chi connectivity index (χ1) is 14.9. The van der Waals surface area contributed by atoms with Gasteiger partial charge in [-0.1, -0.05) is 6.92 Å². The Kier molecular flexibility index (Phi) is 6.98. The normalized spacial score (nSPS) is 11.0. The van der Waals surface area contributed by atoms with Crippen molar-refractivity contribution in [3.63, 3.8) is 0 Å². The molecule has 2 aromatic carbocycles. The van der Waals surface area contributed by atoms with Crippen LogP contribution in [-0.2, 0) is 0 Å². The highest BCUT2D eigenvalue weighted by Gasteiger charge is 2.22. The van der Waals surface area contributed by atoms with Gasteiger partial charge in [0.2, 0.25) is 5.75 Å². The lowest BCUT2D eigenvalue weighted by Gasteiger charge is -2.12. The van der Waals surface area contributed by atoms with Crippen molar-refractivity contribution in [2.75, 3.05) is 13.2 Å².